The van der Waals surface area contributed by atoms with E-state index in [1.165, 1.54) is 34.1 Å². The Kier molecular flexibility index (Phi) is 5.16. The highest BCUT2D eigenvalue weighted by Crippen LogP contribution is 2.25. The van der Waals surface area contributed by atoms with Crippen molar-refractivity contribution in [3.8, 4) is 10.6 Å². The van der Waals surface area contributed by atoms with Crippen LogP contribution in [-0.4, -0.2) is 21.1 Å². The summed E-state index contributed by atoms with van der Waals surface area (Å²) in [6.45, 7) is 3.37. The van der Waals surface area contributed by atoms with Crippen LogP contribution in [0.25, 0.3) is 15.5 Å². The molecule has 2 aromatic heterocycles. The van der Waals surface area contributed by atoms with Crippen molar-refractivity contribution in [3.63, 3.8) is 0 Å². The molecule has 0 radical (unpaired) electrons. The van der Waals surface area contributed by atoms with Gasteiger partial charge >= 0.3 is 0 Å². The molecule has 0 saturated carbocycles. The van der Waals surface area contributed by atoms with Crippen LogP contribution >= 0.6 is 11.3 Å². The highest BCUT2D eigenvalue weighted by Gasteiger charge is 2.14. The maximum atomic E-state index is 13.2. The number of nitrogens with zero attached hydrogens (tertiary/aromatic N) is 4. The maximum absolute atomic E-state index is 13.2. The molecule has 0 saturated heterocycles. The number of fused-ring (bicyclic) bond motifs is 1. The van der Waals surface area contributed by atoms with Gasteiger partial charge in [-0.25, -0.2) is 9.37 Å². The van der Waals surface area contributed by atoms with Gasteiger partial charge in [-0.15, -0.1) is 0 Å². The summed E-state index contributed by atoms with van der Waals surface area (Å²) in [5, 5.41) is 5.18. The molecule has 4 aromatic rings. The van der Waals surface area contributed by atoms with Crippen LogP contribution in [0.3, 0.4) is 0 Å². The van der Waals surface area contributed by atoms with Gasteiger partial charge in [0, 0.05) is 24.7 Å². The normalized spacial score (nSPS) is 11.1. The van der Waals surface area contributed by atoms with Crippen molar-refractivity contribution >= 4 is 22.1 Å². The van der Waals surface area contributed by atoms with Crippen molar-refractivity contribution in [1.29, 1.82) is 0 Å². The van der Waals surface area contributed by atoms with Gasteiger partial charge in [0.25, 0.3) is 5.56 Å². The second kappa shape index (κ2) is 7.90. The molecule has 2 aromatic carbocycles. The van der Waals surface area contributed by atoms with Crippen LogP contribution in [0, 0.1) is 5.82 Å². The van der Waals surface area contributed by atoms with E-state index in [2.05, 4.69) is 17.0 Å². The summed E-state index contributed by atoms with van der Waals surface area (Å²) in [5.74, 6) is 0.348. The molecule has 28 heavy (non-hydrogen) atoms. The van der Waals surface area contributed by atoms with Gasteiger partial charge in [-0.2, -0.15) is 9.61 Å². The molecule has 0 unspecified atom stereocenters. The smallest absolute Gasteiger partial charge is 0.277 e. The van der Waals surface area contributed by atoms with Gasteiger partial charge in [-0.3, -0.25) is 4.79 Å². The number of rotatable bonds is 6. The van der Waals surface area contributed by atoms with Crippen LogP contribution in [0.1, 0.15) is 18.9 Å². The highest BCUT2D eigenvalue weighted by molar-refractivity contribution is 7.19. The minimum absolute atomic E-state index is 0.210. The van der Waals surface area contributed by atoms with E-state index in [1.807, 2.05) is 35.2 Å². The zero-order chi connectivity index (χ0) is 19.5. The summed E-state index contributed by atoms with van der Waals surface area (Å²) >= 11 is 1.39. The van der Waals surface area contributed by atoms with E-state index in [1.54, 1.807) is 12.1 Å². The molecular formula is C21H19FN4OS. The molecule has 0 bridgehead atoms. The number of benzene rings is 2. The summed E-state index contributed by atoms with van der Waals surface area (Å²) in [6.07, 6.45) is 0.903. The Bertz CT molecular complexity index is 1140. The first-order chi connectivity index (χ1) is 13.6. The van der Waals surface area contributed by atoms with E-state index in [0.717, 1.165) is 29.1 Å². The Hall–Kier alpha value is -3.06. The van der Waals surface area contributed by atoms with Crippen LogP contribution in [-0.2, 0) is 6.54 Å². The lowest BCUT2D eigenvalue weighted by Gasteiger charge is -2.23. The molecule has 7 heteroatoms. The van der Waals surface area contributed by atoms with Crippen LogP contribution in [0.4, 0.5) is 10.2 Å². The zero-order valence-electron chi connectivity index (χ0n) is 15.4. The first-order valence-corrected chi connectivity index (χ1v) is 9.91. The van der Waals surface area contributed by atoms with Crippen molar-refractivity contribution in [2.45, 2.75) is 19.9 Å². The fourth-order valence-electron chi connectivity index (χ4n) is 3.01. The average molecular weight is 394 g/mol. The van der Waals surface area contributed by atoms with E-state index in [9.17, 15) is 9.18 Å². The van der Waals surface area contributed by atoms with E-state index in [-0.39, 0.29) is 11.4 Å². The summed E-state index contributed by atoms with van der Waals surface area (Å²) in [6, 6.07) is 17.7. The standard InChI is InChI=1S/C21H19FN4OS/c1-2-12-25(14-15-8-10-17(22)11-9-15)18-13-19(27)26-21(23-18)28-20(24-26)16-6-4-3-5-7-16/h3-11,13H,2,12,14H2,1H3. The summed E-state index contributed by atoms with van der Waals surface area (Å²) < 4.78 is 14.5. The topological polar surface area (TPSA) is 50.5 Å². The molecular weight excluding hydrogens is 375 g/mol. The number of aromatic nitrogens is 3. The van der Waals surface area contributed by atoms with E-state index < -0.39 is 0 Å². The first kappa shape index (κ1) is 18.3. The Morgan fingerprint density at radius 3 is 2.57 bits per heavy atom. The predicted molar refractivity (Wildman–Crippen MR) is 110 cm³/mol. The Morgan fingerprint density at radius 1 is 1.11 bits per heavy atom. The van der Waals surface area contributed by atoms with E-state index >= 15 is 0 Å². The molecule has 0 aliphatic heterocycles. The van der Waals surface area contributed by atoms with Crippen molar-refractivity contribution in [3.05, 3.63) is 82.4 Å². The van der Waals surface area contributed by atoms with Gasteiger partial charge in [0.15, 0.2) is 0 Å². The van der Waals surface area contributed by atoms with Crippen molar-refractivity contribution < 1.29 is 4.39 Å². The molecule has 0 spiro atoms. The molecule has 0 atom stereocenters. The lowest BCUT2D eigenvalue weighted by molar-refractivity contribution is 0.626. The summed E-state index contributed by atoms with van der Waals surface area (Å²) in [7, 11) is 0. The molecule has 5 nitrogen and oxygen atoms in total. The van der Waals surface area contributed by atoms with Crippen molar-refractivity contribution in [1.82, 2.24) is 14.6 Å². The van der Waals surface area contributed by atoms with Crippen molar-refractivity contribution in [2.75, 3.05) is 11.4 Å². The quantitative estimate of drug-likeness (QED) is 0.487. The van der Waals surface area contributed by atoms with Gasteiger partial charge in [0.05, 0.1) is 0 Å². The lowest BCUT2D eigenvalue weighted by atomic mass is 10.2. The number of hydrogen-bond acceptors (Lipinski definition) is 5. The SMILES string of the molecule is CCCN(Cc1ccc(F)cc1)c1cc(=O)n2nc(-c3ccccc3)sc2n1. The highest BCUT2D eigenvalue weighted by atomic mass is 32.1. The fraction of sp³-hybridized carbons (Fsp3) is 0.190. The van der Waals surface area contributed by atoms with Gasteiger partial charge in [-0.1, -0.05) is 60.7 Å². The second-order valence-corrected chi connectivity index (χ2v) is 7.42. The first-order valence-electron chi connectivity index (χ1n) is 9.10. The van der Waals surface area contributed by atoms with Crippen molar-refractivity contribution in [2.24, 2.45) is 0 Å². The van der Waals surface area contributed by atoms with Crippen LogP contribution in [0.15, 0.2) is 65.5 Å². The van der Waals surface area contributed by atoms with Gasteiger partial charge in [-0.05, 0) is 24.1 Å². The molecule has 0 aliphatic carbocycles. The zero-order valence-corrected chi connectivity index (χ0v) is 16.2. The van der Waals surface area contributed by atoms with E-state index in [0.29, 0.717) is 17.3 Å². The average Bonchev–Trinajstić information content (AvgIpc) is 3.15. The molecule has 4 rings (SSSR count). The molecule has 0 N–H and O–H groups in total. The Morgan fingerprint density at radius 2 is 1.86 bits per heavy atom. The number of anilines is 1. The molecule has 0 aliphatic rings. The van der Waals surface area contributed by atoms with Gasteiger partial charge < -0.3 is 4.90 Å². The number of hydrogen-bond donors (Lipinski definition) is 0. The van der Waals surface area contributed by atoms with E-state index in [4.69, 9.17) is 0 Å². The Labute approximate surface area is 165 Å². The third-order valence-electron chi connectivity index (χ3n) is 4.36. The summed E-state index contributed by atoms with van der Waals surface area (Å²) in [5.41, 5.74) is 1.71. The monoisotopic (exact) mass is 394 g/mol. The second-order valence-electron chi connectivity index (χ2n) is 6.47. The molecule has 0 amide bonds. The fourth-order valence-corrected chi connectivity index (χ4v) is 3.92. The molecule has 142 valence electrons. The van der Waals surface area contributed by atoms with Gasteiger partial charge in [0.2, 0.25) is 4.96 Å². The Balaban J connectivity index is 1.71. The minimum atomic E-state index is -0.262. The predicted octanol–water partition coefficient (Wildman–Crippen LogP) is 4.37. The summed E-state index contributed by atoms with van der Waals surface area (Å²) in [4.78, 5) is 19.9. The molecule has 0 fully saturated rings. The number of halogens is 1. The minimum Gasteiger partial charge on any atom is -0.352 e. The molecule has 2 heterocycles. The maximum Gasteiger partial charge on any atom is 0.277 e. The van der Waals surface area contributed by atoms with Crippen LogP contribution < -0.4 is 10.5 Å². The third-order valence-corrected chi connectivity index (χ3v) is 5.31. The third kappa shape index (κ3) is 3.80. The van der Waals surface area contributed by atoms with Crippen LogP contribution in [0.5, 0.6) is 0 Å². The largest absolute Gasteiger partial charge is 0.352 e. The van der Waals surface area contributed by atoms with Crippen LogP contribution in [0.2, 0.25) is 0 Å². The van der Waals surface area contributed by atoms with Gasteiger partial charge in [0.1, 0.15) is 16.6 Å². The lowest BCUT2D eigenvalue weighted by Crippen LogP contribution is -2.27.